The van der Waals surface area contributed by atoms with Gasteiger partial charge in [-0.2, -0.15) is 0 Å². The molecule has 1 heterocycles. The van der Waals surface area contributed by atoms with Crippen LogP contribution in [-0.2, 0) is 0 Å². The summed E-state index contributed by atoms with van der Waals surface area (Å²) >= 11 is 1.89. The zero-order valence-electron chi connectivity index (χ0n) is 29.4. The zero-order chi connectivity index (χ0) is 35.6. The van der Waals surface area contributed by atoms with Crippen molar-refractivity contribution in [3.05, 3.63) is 200 Å². The van der Waals surface area contributed by atoms with E-state index in [2.05, 4.69) is 205 Å². The third-order valence-corrected chi connectivity index (χ3v) is 12.2. The third kappa shape index (κ3) is 4.92. The van der Waals surface area contributed by atoms with E-state index >= 15 is 0 Å². The van der Waals surface area contributed by atoms with Crippen LogP contribution < -0.4 is 4.90 Å². The van der Waals surface area contributed by atoms with Crippen LogP contribution in [-0.4, -0.2) is 0 Å². The summed E-state index contributed by atoms with van der Waals surface area (Å²) < 4.78 is 2.63. The minimum atomic E-state index is 1.12. The van der Waals surface area contributed by atoms with Crippen LogP contribution in [0, 0.1) is 0 Å². The SMILES string of the molecule is c1ccc(-c2cccc(N(c3ccc(-c4cc5ccc6ccccc6c5c5ccccc45)cc3)c3cccc4ccc5c6ccccc6sc5c34)c2)cc1. The Morgan fingerprint density at radius 3 is 1.87 bits per heavy atom. The highest BCUT2D eigenvalue weighted by Crippen LogP contribution is 2.47. The molecule has 0 unspecified atom stereocenters. The molecule has 2 heteroatoms. The van der Waals surface area contributed by atoms with Crippen molar-refractivity contribution < 1.29 is 0 Å². The topological polar surface area (TPSA) is 3.24 Å². The van der Waals surface area contributed by atoms with Crippen LogP contribution in [0.5, 0.6) is 0 Å². The fraction of sp³-hybridized carbons (Fsp3) is 0. The van der Waals surface area contributed by atoms with E-state index in [0.717, 1.165) is 11.4 Å². The molecule has 0 aliphatic carbocycles. The van der Waals surface area contributed by atoms with Crippen LogP contribution in [0.15, 0.2) is 200 Å². The first-order chi connectivity index (χ1) is 26.8. The van der Waals surface area contributed by atoms with Crippen LogP contribution in [0.4, 0.5) is 17.1 Å². The van der Waals surface area contributed by atoms with Gasteiger partial charge in [-0.1, -0.05) is 158 Å². The molecule has 11 rings (SSSR count). The molecule has 0 saturated heterocycles. The summed E-state index contributed by atoms with van der Waals surface area (Å²) in [5.74, 6) is 0. The predicted octanol–water partition coefficient (Wildman–Crippen LogP) is 15.5. The Kier molecular flexibility index (Phi) is 7.11. The average molecular weight is 704 g/mol. The normalized spacial score (nSPS) is 11.7. The second-order valence-electron chi connectivity index (χ2n) is 14.1. The van der Waals surface area contributed by atoms with E-state index in [1.807, 2.05) is 11.3 Å². The van der Waals surface area contributed by atoms with Crippen molar-refractivity contribution >= 4 is 91.7 Å². The van der Waals surface area contributed by atoms with Crippen molar-refractivity contribution in [2.24, 2.45) is 0 Å². The summed E-state index contributed by atoms with van der Waals surface area (Å²) in [6.07, 6.45) is 0. The number of nitrogens with zero attached hydrogens (tertiary/aromatic N) is 1. The lowest BCUT2D eigenvalue weighted by atomic mass is 9.90. The Morgan fingerprint density at radius 2 is 1.00 bits per heavy atom. The highest BCUT2D eigenvalue weighted by Gasteiger charge is 2.20. The first kappa shape index (κ1) is 30.8. The Morgan fingerprint density at radius 1 is 0.333 bits per heavy atom. The molecule has 0 aliphatic heterocycles. The summed E-state index contributed by atoms with van der Waals surface area (Å²) in [5.41, 5.74) is 8.25. The van der Waals surface area contributed by atoms with E-state index in [1.54, 1.807) is 0 Å². The summed E-state index contributed by atoms with van der Waals surface area (Å²) in [6.45, 7) is 0. The fourth-order valence-electron chi connectivity index (χ4n) is 8.51. The van der Waals surface area contributed by atoms with Gasteiger partial charge in [0.15, 0.2) is 0 Å². The van der Waals surface area contributed by atoms with E-state index in [9.17, 15) is 0 Å². The minimum Gasteiger partial charge on any atom is -0.310 e. The van der Waals surface area contributed by atoms with Gasteiger partial charge in [0.2, 0.25) is 0 Å². The summed E-state index contributed by atoms with van der Waals surface area (Å²) in [5, 5.41) is 12.8. The van der Waals surface area contributed by atoms with E-state index in [1.165, 1.54) is 91.2 Å². The first-order valence-electron chi connectivity index (χ1n) is 18.5. The minimum absolute atomic E-state index is 1.12. The highest BCUT2D eigenvalue weighted by atomic mass is 32.1. The van der Waals surface area contributed by atoms with Crippen molar-refractivity contribution in [1.29, 1.82) is 0 Å². The van der Waals surface area contributed by atoms with E-state index in [4.69, 9.17) is 0 Å². The van der Waals surface area contributed by atoms with Gasteiger partial charge in [-0.15, -0.1) is 11.3 Å². The largest absolute Gasteiger partial charge is 0.310 e. The molecule has 11 aromatic rings. The maximum atomic E-state index is 2.45. The van der Waals surface area contributed by atoms with Crippen LogP contribution in [0.25, 0.3) is 85.5 Å². The second-order valence-corrected chi connectivity index (χ2v) is 15.1. The van der Waals surface area contributed by atoms with Crippen molar-refractivity contribution in [1.82, 2.24) is 0 Å². The predicted molar refractivity (Wildman–Crippen MR) is 235 cm³/mol. The maximum Gasteiger partial charge on any atom is 0.0554 e. The number of benzene rings is 10. The number of rotatable bonds is 5. The molecule has 0 spiro atoms. The quantitative estimate of drug-likeness (QED) is 0.161. The van der Waals surface area contributed by atoms with E-state index in [0.29, 0.717) is 0 Å². The molecule has 0 aliphatic rings. The molecule has 0 atom stereocenters. The molecule has 252 valence electrons. The summed E-state index contributed by atoms with van der Waals surface area (Å²) in [7, 11) is 0. The molecule has 0 N–H and O–H groups in total. The van der Waals surface area contributed by atoms with Gasteiger partial charge in [0, 0.05) is 36.9 Å². The number of hydrogen-bond acceptors (Lipinski definition) is 2. The Bertz CT molecular complexity index is 3210. The summed E-state index contributed by atoms with van der Waals surface area (Å²) in [4.78, 5) is 2.45. The van der Waals surface area contributed by atoms with Crippen LogP contribution >= 0.6 is 11.3 Å². The lowest BCUT2D eigenvalue weighted by molar-refractivity contribution is 1.30. The number of anilines is 3. The monoisotopic (exact) mass is 703 g/mol. The van der Waals surface area contributed by atoms with Crippen LogP contribution in [0.2, 0.25) is 0 Å². The smallest absolute Gasteiger partial charge is 0.0554 e. The van der Waals surface area contributed by atoms with Crippen molar-refractivity contribution in [2.75, 3.05) is 4.90 Å². The third-order valence-electron chi connectivity index (χ3n) is 11.0. The lowest BCUT2D eigenvalue weighted by Crippen LogP contribution is -2.10. The van der Waals surface area contributed by atoms with Gasteiger partial charge in [0.1, 0.15) is 0 Å². The molecule has 0 radical (unpaired) electrons. The molecule has 0 saturated carbocycles. The fourth-order valence-corrected chi connectivity index (χ4v) is 9.78. The van der Waals surface area contributed by atoms with Crippen molar-refractivity contribution in [3.8, 4) is 22.3 Å². The lowest BCUT2D eigenvalue weighted by Gasteiger charge is -2.28. The standard InChI is InChI=1S/C52H33NS/c1-2-12-34(13-3-1)38-16-10-17-41(32-38)53(48-22-11-15-37-28-31-46-44-20-8-9-23-49(44)54-52(46)51(37)48)40-29-26-36(27-30-40)47-33-39-25-24-35-14-4-5-18-42(35)50(39)45-21-7-6-19-43(45)47/h1-33H. The maximum absolute atomic E-state index is 2.45. The average Bonchev–Trinajstić information content (AvgIpc) is 3.63. The Labute approximate surface area is 317 Å². The molecule has 0 amide bonds. The van der Waals surface area contributed by atoms with Crippen LogP contribution in [0.1, 0.15) is 0 Å². The molecule has 1 aromatic heterocycles. The van der Waals surface area contributed by atoms with Gasteiger partial charge in [-0.3, -0.25) is 0 Å². The second kappa shape index (κ2) is 12.4. The molecule has 10 aromatic carbocycles. The van der Waals surface area contributed by atoms with Gasteiger partial charge in [0.05, 0.1) is 5.69 Å². The molecule has 1 nitrogen and oxygen atoms in total. The van der Waals surface area contributed by atoms with Gasteiger partial charge in [-0.25, -0.2) is 0 Å². The first-order valence-corrected chi connectivity index (χ1v) is 19.3. The molecule has 0 fully saturated rings. The number of fused-ring (bicyclic) bond motifs is 10. The van der Waals surface area contributed by atoms with E-state index < -0.39 is 0 Å². The van der Waals surface area contributed by atoms with Crippen molar-refractivity contribution in [2.45, 2.75) is 0 Å². The number of hydrogen-bond donors (Lipinski definition) is 0. The molecular formula is C52H33NS. The Balaban J connectivity index is 1.13. The highest BCUT2D eigenvalue weighted by molar-refractivity contribution is 7.26. The Hall–Kier alpha value is -6.74. The van der Waals surface area contributed by atoms with Gasteiger partial charge in [0.25, 0.3) is 0 Å². The molecular weight excluding hydrogens is 671 g/mol. The number of thiophene rings is 1. The van der Waals surface area contributed by atoms with Gasteiger partial charge >= 0.3 is 0 Å². The van der Waals surface area contributed by atoms with Crippen LogP contribution in [0.3, 0.4) is 0 Å². The van der Waals surface area contributed by atoms with E-state index in [-0.39, 0.29) is 0 Å². The van der Waals surface area contributed by atoms with Crippen molar-refractivity contribution in [3.63, 3.8) is 0 Å². The van der Waals surface area contributed by atoms with Gasteiger partial charge < -0.3 is 4.90 Å². The zero-order valence-corrected chi connectivity index (χ0v) is 30.2. The summed E-state index contributed by atoms with van der Waals surface area (Å²) in [6, 6.07) is 73.5. The molecule has 54 heavy (non-hydrogen) atoms. The molecule has 0 bridgehead atoms. The van der Waals surface area contributed by atoms with Gasteiger partial charge in [-0.05, 0) is 102 Å².